The minimum atomic E-state index is -1.34. The van der Waals surface area contributed by atoms with Crippen LogP contribution in [-0.2, 0) is 0 Å². The van der Waals surface area contributed by atoms with Gasteiger partial charge in [-0.1, -0.05) is 60.1 Å². The van der Waals surface area contributed by atoms with Crippen molar-refractivity contribution in [3.63, 3.8) is 0 Å². The first-order valence-corrected chi connectivity index (χ1v) is 19.2. The molecule has 0 aliphatic heterocycles. The predicted molar refractivity (Wildman–Crippen MR) is 231 cm³/mol. The third-order valence-electron chi connectivity index (χ3n) is 6.52. The number of ether oxygens (including phenoxy) is 1. The van der Waals surface area contributed by atoms with Gasteiger partial charge < -0.3 is 24.9 Å². The zero-order valence-electron chi connectivity index (χ0n) is 31.2. The van der Waals surface area contributed by atoms with Crippen LogP contribution in [0.1, 0.15) is 22.3 Å². The summed E-state index contributed by atoms with van der Waals surface area (Å²) in [5, 5.41) is 26.0. The van der Waals surface area contributed by atoms with Crippen LogP contribution in [0.2, 0.25) is 5.15 Å². The van der Waals surface area contributed by atoms with Crippen molar-refractivity contribution in [2.24, 2.45) is 0 Å². The van der Waals surface area contributed by atoms with Gasteiger partial charge in [0.15, 0.2) is 0 Å². The molecule has 4 aromatic heterocycles. The second-order valence-corrected chi connectivity index (χ2v) is 14.7. The summed E-state index contributed by atoms with van der Waals surface area (Å²) >= 11 is 18.8. The van der Waals surface area contributed by atoms with Crippen LogP contribution in [0, 0.1) is 27.7 Å². The molecule has 10 nitrogen and oxygen atoms in total. The number of aromatic nitrogens is 4. The maximum atomic E-state index is 11.9. The van der Waals surface area contributed by atoms with Crippen LogP contribution in [0.5, 0.6) is 5.88 Å². The van der Waals surface area contributed by atoms with E-state index in [0.717, 1.165) is 52.9 Å². The van der Waals surface area contributed by atoms with Crippen LogP contribution in [-0.4, -0.2) is 50.9 Å². The molecule has 0 fully saturated rings. The number of para-hydroxylation sites is 1. The summed E-state index contributed by atoms with van der Waals surface area (Å²) in [5.41, 5.74) is 4.88. The standard InChI is InChI=1S/C12H10BrNO.C7H8BrNO.C6H7BO2.C6H5BrClN.C6H6BrNO.CH3O.Na/c1-9-7-10(13)8-14(12(9)15)11-5-3-2-4-6-11;1-5-3-6(8)4-9-7(5)10-2;8-7(9)6-4-2-1-3-5-6;1-4-2-5(7)3-9-6(4)8;1-4-2-5(7)3-8-6(4)9;1-2;/h2-8H,1H3;3-4H,1-2H3;1-5,8-9H;2-3H,1H3;2-3H,1H3,(H,8,9);1H3;/q;;;;;-1;+1. The quantitative estimate of drug-likeness (QED) is 0.171. The van der Waals surface area contributed by atoms with Crippen molar-refractivity contribution in [1.82, 2.24) is 19.5 Å². The summed E-state index contributed by atoms with van der Waals surface area (Å²) in [4.78, 5) is 33.0. The Morgan fingerprint density at radius 2 is 1.22 bits per heavy atom. The Morgan fingerprint density at radius 1 is 0.727 bits per heavy atom. The normalized spacial score (nSPS) is 9.27. The Balaban J connectivity index is 0.000000663. The number of halogens is 5. The first kappa shape index (κ1) is 52.6. The first-order valence-electron chi connectivity index (χ1n) is 15.7. The minimum Gasteiger partial charge on any atom is -0.857 e. The van der Waals surface area contributed by atoms with Crippen molar-refractivity contribution >= 4 is 87.9 Å². The number of nitrogens with zero attached hydrogens (tertiary/aromatic N) is 3. The van der Waals surface area contributed by atoms with Crippen LogP contribution in [0.15, 0.2) is 137 Å². The topological polar surface area (TPSA) is 153 Å². The molecular formula is C38H39BBr4ClN4NaO6. The fourth-order valence-electron chi connectivity index (χ4n) is 3.91. The van der Waals surface area contributed by atoms with Gasteiger partial charge in [-0.2, -0.15) is 7.11 Å². The van der Waals surface area contributed by atoms with Gasteiger partial charge in [0.2, 0.25) is 5.88 Å². The number of hydrogen-bond donors (Lipinski definition) is 3. The number of hydrogen-bond acceptors (Lipinski definition) is 8. The summed E-state index contributed by atoms with van der Waals surface area (Å²) in [6.45, 7) is 7.45. The Hall–Kier alpha value is -2.41. The average Bonchev–Trinajstić information content (AvgIpc) is 3.16. The van der Waals surface area contributed by atoms with E-state index in [1.807, 2.05) is 75.4 Å². The smallest absolute Gasteiger partial charge is 0.857 e. The van der Waals surface area contributed by atoms with Crippen molar-refractivity contribution in [1.29, 1.82) is 0 Å². The number of pyridine rings is 4. The van der Waals surface area contributed by atoms with Gasteiger partial charge in [0.05, 0.1) is 7.11 Å². The van der Waals surface area contributed by atoms with Crippen molar-refractivity contribution in [2.75, 3.05) is 14.2 Å². The van der Waals surface area contributed by atoms with Crippen LogP contribution in [0.25, 0.3) is 5.69 Å². The van der Waals surface area contributed by atoms with Crippen LogP contribution in [0.3, 0.4) is 0 Å². The molecular weight excluding hydrogens is 997 g/mol. The molecule has 0 atom stereocenters. The molecule has 0 aliphatic rings. The van der Waals surface area contributed by atoms with E-state index in [2.05, 4.69) is 78.7 Å². The second-order valence-electron chi connectivity index (χ2n) is 10.7. The van der Waals surface area contributed by atoms with Gasteiger partial charge in [-0.3, -0.25) is 14.2 Å². The number of aromatic amines is 1. The number of H-pyrrole nitrogens is 1. The zero-order chi connectivity index (χ0) is 40.8. The molecule has 0 bridgehead atoms. The van der Waals surface area contributed by atoms with E-state index in [9.17, 15) is 9.59 Å². The molecule has 55 heavy (non-hydrogen) atoms. The van der Waals surface area contributed by atoms with Crippen molar-refractivity contribution in [3.05, 3.63) is 176 Å². The van der Waals surface area contributed by atoms with Crippen molar-refractivity contribution < 1.29 is 49.4 Å². The number of nitrogens with one attached hydrogen (secondary N) is 1. The molecule has 17 heteroatoms. The van der Waals surface area contributed by atoms with E-state index >= 15 is 0 Å². The number of aryl methyl sites for hydroxylation is 4. The molecule has 0 unspecified atom stereocenters. The molecule has 3 N–H and O–H groups in total. The fraction of sp³-hybridized carbons (Fsp3) is 0.158. The molecule has 6 rings (SSSR count). The maximum Gasteiger partial charge on any atom is 1.00 e. The maximum absolute atomic E-state index is 11.9. The van der Waals surface area contributed by atoms with E-state index < -0.39 is 7.12 Å². The molecule has 0 amide bonds. The fourth-order valence-corrected chi connectivity index (χ4v) is 5.91. The van der Waals surface area contributed by atoms with Crippen LogP contribution < -0.4 is 56.0 Å². The van der Waals surface area contributed by atoms with Crippen molar-refractivity contribution in [2.45, 2.75) is 27.7 Å². The zero-order valence-corrected chi connectivity index (χ0v) is 40.3. The third kappa shape index (κ3) is 20.5. The summed E-state index contributed by atoms with van der Waals surface area (Å²) in [6, 6.07) is 25.7. The minimum absolute atomic E-state index is 0. The molecule has 2 aromatic carbocycles. The summed E-state index contributed by atoms with van der Waals surface area (Å²) in [5.74, 6) is 0.684. The average molecular weight is 1040 g/mol. The van der Waals surface area contributed by atoms with E-state index in [0.29, 0.717) is 16.5 Å². The number of methoxy groups -OCH3 is 1. The summed E-state index contributed by atoms with van der Waals surface area (Å²) in [6.07, 6.45) is 6.79. The van der Waals surface area contributed by atoms with E-state index in [4.69, 9.17) is 31.5 Å². The molecule has 0 saturated carbocycles. The van der Waals surface area contributed by atoms with E-state index in [-0.39, 0.29) is 40.7 Å². The molecule has 4 heterocycles. The second kappa shape index (κ2) is 28.9. The van der Waals surface area contributed by atoms with Gasteiger partial charge in [0, 0.05) is 65.1 Å². The first-order chi connectivity index (χ1) is 25.6. The van der Waals surface area contributed by atoms with Gasteiger partial charge in [-0.05, 0) is 139 Å². The largest absolute Gasteiger partial charge is 1.00 e. The Labute approximate surface area is 382 Å². The number of rotatable bonds is 3. The molecule has 0 aliphatic carbocycles. The molecule has 0 radical (unpaired) electrons. The Bertz CT molecular complexity index is 2130. The van der Waals surface area contributed by atoms with E-state index in [1.54, 1.807) is 73.7 Å². The summed E-state index contributed by atoms with van der Waals surface area (Å²) < 4.78 is 10.4. The molecule has 286 valence electrons. The monoisotopic (exact) mass is 1030 g/mol. The van der Waals surface area contributed by atoms with Gasteiger partial charge in [-0.25, -0.2) is 9.97 Å². The van der Waals surface area contributed by atoms with Gasteiger partial charge >= 0.3 is 36.7 Å². The summed E-state index contributed by atoms with van der Waals surface area (Å²) in [7, 11) is 1.02. The number of benzene rings is 2. The van der Waals surface area contributed by atoms with Gasteiger partial charge in [0.25, 0.3) is 11.1 Å². The Morgan fingerprint density at radius 3 is 1.65 bits per heavy atom. The third-order valence-corrected chi connectivity index (χ3v) is 8.67. The molecule has 0 spiro atoms. The van der Waals surface area contributed by atoms with Gasteiger partial charge in [0.1, 0.15) is 5.15 Å². The predicted octanol–water partition coefficient (Wildman–Crippen LogP) is 4.67. The SMILES string of the molecule is COc1ncc(Br)cc1C.C[O-].Cc1cc(Br)c[nH]c1=O.Cc1cc(Br)cn(-c2ccccc2)c1=O.Cc1cc(Br)cnc1Cl.OB(O)c1ccccc1.[Na+]. The van der Waals surface area contributed by atoms with Crippen LogP contribution in [0.4, 0.5) is 0 Å². The molecule has 6 aromatic rings. The molecule has 0 saturated heterocycles. The van der Waals surface area contributed by atoms with Gasteiger partial charge in [-0.15, -0.1) is 0 Å². The van der Waals surface area contributed by atoms with Crippen LogP contribution >= 0.6 is 75.3 Å². The van der Waals surface area contributed by atoms with Crippen molar-refractivity contribution in [3.8, 4) is 11.6 Å². The van der Waals surface area contributed by atoms with E-state index in [1.165, 1.54) is 0 Å². The Kier molecular flexibility index (Phi) is 27.6.